The summed E-state index contributed by atoms with van der Waals surface area (Å²) in [6.07, 6.45) is -0.681. The van der Waals surface area contributed by atoms with Crippen LogP contribution in [0.3, 0.4) is 0 Å². The number of esters is 1. The first kappa shape index (κ1) is 20.6. The molecule has 0 aliphatic carbocycles. The molecule has 1 atom stereocenters. The molecule has 28 heavy (non-hydrogen) atoms. The van der Waals surface area contributed by atoms with Gasteiger partial charge in [-0.1, -0.05) is 45.8 Å². The fourth-order valence-electron chi connectivity index (χ4n) is 3.19. The predicted octanol–water partition coefficient (Wildman–Crippen LogP) is 5.06. The van der Waals surface area contributed by atoms with Crippen LogP contribution in [0.5, 0.6) is 0 Å². The molecule has 0 amide bonds. The second kappa shape index (κ2) is 7.37. The van der Waals surface area contributed by atoms with Gasteiger partial charge in [0.05, 0.1) is 11.0 Å². The van der Waals surface area contributed by atoms with Crippen LogP contribution in [0, 0.1) is 12.3 Å². The summed E-state index contributed by atoms with van der Waals surface area (Å²) >= 11 is 3.38. The lowest BCUT2D eigenvalue weighted by molar-refractivity contribution is -0.154. The molecule has 7 heteroatoms. The second-order valence-electron chi connectivity index (χ2n) is 7.36. The summed E-state index contributed by atoms with van der Waals surface area (Å²) in [5.41, 5.74) is 0.951. The van der Waals surface area contributed by atoms with Gasteiger partial charge in [0.2, 0.25) is 0 Å². The van der Waals surface area contributed by atoms with Crippen LogP contribution in [0.15, 0.2) is 69.2 Å². The molecule has 0 saturated carbocycles. The Bertz CT molecular complexity index is 1040. The van der Waals surface area contributed by atoms with Gasteiger partial charge in [0.25, 0.3) is 0 Å². The number of ether oxygens (including phenoxy) is 1. The van der Waals surface area contributed by atoms with Crippen molar-refractivity contribution in [2.45, 2.75) is 38.7 Å². The molecule has 2 aromatic carbocycles. The van der Waals surface area contributed by atoms with Gasteiger partial charge >= 0.3 is 16.1 Å². The highest BCUT2D eigenvalue weighted by molar-refractivity contribution is 9.10. The van der Waals surface area contributed by atoms with Crippen LogP contribution < -0.4 is 0 Å². The van der Waals surface area contributed by atoms with Gasteiger partial charge in [-0.3, -0.25) is 0 Å². The fraction of sp³-hybridized carbons (Fsp3) is 0.286. The van der Waals surface area contributed by atoms with Crippen LogP contribution in [0.2, 0.25) is 0 Å². The number of aryl methyl sites for hydroxylation is 1. The lowest BCUT2D eigenvalue weighted by Gasteiger charge is -2.39. The van der Waals surface area contributed by atoms with Gasteiger partial charge < -0.3 is 8.92 Å². The largest absolute Gasteiger partial charge is 0.453 e. The van der Waals surface area contributed by atoms with Crippen LogP contribution in [0.1, 0.15) is 38.0 Å². The first-order valence-electron chi connectivity index (χ1n) is 8.71. The van der Waals surface area contributed by atoms with Crippen molar-refractivity contribution in [1.29, 1.82) is 0 Å². The van der Waals surface area contributed by atoms with Crippen molar-refractivity contribution in [1.82, 2.24) is 0 Å². The number of hydrogen-bond donors (Lipinski definition) is 0. The van der Waals surface area contributed by atoms with E-state index in [4.69, 9.17) is 8.92 Å². The lowest BCUT2D eigenvalue weighted by Crippen LogP contribution is -2.37. The van der Waals surface area contributed by atoms with E-state index in [9.17, 15) is 13.2 Å². The lowest BCUT2D eigenvalue weighted by atomic mass is 9.77. The molecule has 1 aliphatic rings. The second-order valence-corrected chi connectivity index (χ2v) is 9.83. The van der Waals surface area contributed by atoms with Crippen LogP contribution in [0.4, 0.5) is 0 Å². The normalized spacial score (nSPS) is 19.3. The Labute approximate surface area is 173 Å². The molecule has 2 aromatic rings. The van der Waals surface area contributed by atoms with E-state index in [1.54, 1.807) is 26.0 Å². The third kappa shape index (κ3) is 3.86. The number of hydrogen-bond acceptors (Lipinski definition) is 5. The zero-order valence-electron chi connectivity index (χ0n) is 16.0. The van der Waals surface area contributed by atoms with Crippen LogP contribution in [-0.4, -0.2) is 14.4 Å². The zero-order chi connectivity index (χ0) is 20.7. The Balaban J connectivity index is 2.02. The quantitative estimate of drug-likeness (QED) is 0.466. The highest BCUT2D eigenvalue weighted by Crippen LogP contribution is 2.48. The van der Waals surface area contributed by atoms with E-state index in [0.29, 0.717) is 0 Å². The molecule has 0 bridgehead atoms. The monoisotopic (exact) mass is 464 g/mol. The van der Waals surface area contributed by atoms with Crippen LogP contribution in [0.25, 0.3) is 0 Å². The van der Waals surface area contributed by atoms with E-state index in [2.05, 4.69) is 15.9 Å². The first-order valence-corrected chi connectivity index (χ1v) is 10.9. The summed E-state index contributed by atoms with van der Waals surface area (Å²) in [5, 5.41) is 0. The highest BCUT2D eigenvalue weighted by atomic mass is 79.9. The van der Waals surface area contributed by atoms with E-state index in [0.717, 1.165) is 15.6 Å². The fourth-order valence-corrected chi connectivity index (χ4v) is 4.58. The van der Waals surface area contributed by atoms with Crippen molar-refractivity contribution in [3.05, 3.63) is 75.5 Å². The summed E-state index contributed by atoms with van der Waals surface area (Å²) in [4.78, 5) is 12.5. The summed E-state index contributed by atoms with van der Waals surface area (Å²) in [6.45, 7) is 6.99. The highest BCUT2D eigenvalue weighted by Gasteiger charge is 2.46. The van der Waals surface area contributed by atoms with Crippen molar-refractivity contribution < 1.29 is 22.1 Å². The number of carbonyl (C=O) groups excluding carboxylic acids is 1. The van der Waals surface area contributed by atoms with E-state index < -0.39 is 27.6 Å². The minimum absolute atomic E-state index is 0.0355. The molecular formula is C21H21BrO5S. The maximum Gasteiger partial charge on any atom is 0.338 e. The molecule has 0 N–H and O–H groups in total. The summed E-state index contributed by atoms with van der Waals surface area (Å²) in [5.74, 6) is -0.501. The Morgan fingerprint density at radius 2 is 1.57 bits per heavy atom. The van der Waals surface area contributed by atoms with E-state index >= 15 is 0 Å². The number of halogens is 1. The topological polar surface area (TPSA) is 69.7 Å². The number of benzene rings is 2. The molecule has 1 aliphatic heterocycles. The number of rotatable bonds is 4. The molecule has 148 valence electrons. The Kier molecular flexibility index (Phi) is 5.42. The Morgan fingerprint density at radius 1 is 1.00 bits per heavy atom. The molecular weight excluding hydrogens is 444 g/mol. The van der Waals surface area contributed by atoms with Gasteiger partial charge in [-0.2, -0.15) is 8.42 Å². The molecule has 5 nitrogen and oxygen atoms in total. The van der Waals surface area contributed by atoms with Crippen LogP contribution >= 0.6 is 15.9 Å². The third-order valence-corrected chi connectivity index (χ3v) is 6.55. The third-order valence-electron chi connectivity index (χ3n) is 4.79. The van der Waals surface area contributed by atoms with Crippen molar-refractivity contribution >= 4 is 32.0 Å². The molecule has 3 rings (SSSR count). The van der Waals surface area contributed by atoms with E-state index in [-0.39, 0.29) is 16.2 Å². The SMILES string of the molecule is CC1=C(OS(=O)(=O)c2ccc(C)cc2)C(C)(C)[C@@H](c2ccc(Br)cc2)OC1=O. The maximum atomic E-state index is 12.8. The molecule has 0 unspecified atom stereocenters. The number of cyclic esters (lactones) is 1. The molecule has 1 heterocycles. The molecule has 0 spiro atoms. The average molecular weight is 465 g/mol. The van der Waals surface area contributed by atoms with E-state index in [1.807, 2.05) is 31.2 Å². The summed E-state index contributed by atoms with van der Waals surface area (Å²) < 4.78 is 37.7. The summed E-state index contributed by atoms with van der Waals surface area (Å²) in [6, 6.07) is 13.7. The average Bonchev–Trinajstić information content (AvgIpc) is 2.63. The van der Waals surface area contributed by atoms with Crippen molar-refractivity contribution in [3.63, 3.8) is 0 Å². The first-order chi connectivity index (χ1) is 13.0. The Morgan fingerprint density at radius 3 is 2.14 bits per heavy atom. The molecule has 0 fully saturated rings. The van der Waals surface area contributed by atoms with Gasteiger partial charge in [0, 0.05) is 4.47 Å². The van der Waals surface area contributed by atoms with Gasteiger partial charge in [-0.25, -0.2) is 4.79 Å². The van der Waals surface area contributed by atoms with Crippen LogP contribution in [-0.2, 0) is 23.8 Å². The van der Waals surface area contributed by atoms with Gasteiger partial charge in [-0.05, 0) is 57.5 Å². The summed E-state index contributed by atoms with van der Waals surface area (Å²) in [7, 11) is -4.09. The van der Waals surface area contributed by atoms with Gasteiger partial charge in [0.1, 0.15) is 16.8 Å². The van der Waals surface area contributed by atoms with Crippen molar-refractivity contribution in [2.24, 2.45) is 5.41 Å². The minimum atomic E-state index is -4.09. The standard InChI is InChI=1S/C21H21BrO5S/c1-13-5-11-17(12-6-13)28(24,25)27-18-14(2)20(23)26-19(21(18,3)4)15-7-9-16(22)10-8-15/h5-12,19H,1-4H3/t19-/m1/s1. The predicted molar refractivity (Wildman–Crippen MR) is 109 cm³/mol. The van der Waals surface area contributed by atoms with E-state index in [1.165, 1.54) is 19.1 Å². The maximum absolute atomic E-state index is 12.8. The van der Waals surface area contributed by atoms with Crippen molar-refractivity contribution in [2.75, 3.05) is 0 Å². The minimum Gasteiger partial charge on any atom is -0.453 e. The Hall–Kier alpha value is -2.12. The zero-order valence-corrected chi connectivity index (χ0v) is 18.4. The van der Waals surface area contributed by atoms with Gasteiger partial charge in [0.15, 0.2) is 0 Å². The molecule has 0 aromatic heterocycles. The van der Waals surface area contributed by atoms with Crippen molar-refractivity contribution in [3.8, 4) is 0 Å². The molecule has 0 saturated heterocycles. The smallest absolute Gasteiger partial charge is 0.338 e. The van der Waals surface area contributed by atoms with Gasteiger partial charge in [-0.15, -0.1) is 0 Å². The molecule has 0 radical (unpaired) electrons. The number of carbonyl (C=O) groups is 1.